The zero-order valence-corrected chi connectivity index (χ0v) is 8.67. The zero-order valence-electron chi connectivity index (χ0n) is 8.67. The van der Waals surface area contributed by atoms with Crippen LogP contribution < -0.4 is 0 Å². The van der Waals surface area contributed by atoms with E-state index < -0.39 is 0 Å². The van der Waals surface area contributed by atoms with Gasteiger partial charge < -0.3 is 9.84 Å². The number of ether oxygens (including phenoxy) is 1. The fourth-order valence-corrected chi connectivity index (χ4v) is 1.78. The van der Waals surface area contributed by atoms with E-state index in [9.17, 15) is 5.11 Å². The minimum Gasteiger partial charge on any atom is -0.389 e. The molecule has 1 aromatic carbocycles. The summed E-state index contributed by atoms with van der Waals surface area (Å²) >= 11 is 0. The van der Waals surface area contributed by atoms with E-state index in [-0.39, 0.29) is 6.10 Å². The first-order chi connectivity index (χ1) is 7.34. The molecule has 2 heteroatoms. The zero-order chi connectivity index (χ0) is 10.5. The van der Waals surface area contributed by atoms with Crippen LogP contribution in [0.3, 0.4) is 0 Å². The van der Waals surface area contributed by atoms with Crippen LogP contribution in [0, 0.1) is 5.92 Å². The summed E-state index contributed by atoms with van der Waals surface area (Å²) in [5.74, 6) is 0.378. The van der Waals surface area contributed by atoms with Crippen LogP contribution in [-0.4, -0.2) is 17.8 Å². The standard InChI is InChI=1S/C13H16O2/c14-13-7-6-12(8-13)10-15-9-11-4-2-1-3-5-11/h1-7,12-14H,8-10H2/t12-,13+/m0/s1. The van der Waals surface area contributed by atoms with Crippen LogP contribution in [0.4, 0.5) is 0 Å². The molecule has 0 saturated carbocycles. The summed E-state index contributed by atoms with van der Waals surface area (Å²) < 4.78 is 5.59. The van der Waals surface area contributed by atoms with Crippen LogP contribution in [0.5, 0.6) is 0 Å². The van der Waals surface area contributed by atoms with E-state index in [1.54, 1.807) is 0 Å². The van der Waals surface area contributed by atoms with Crippen molar-refractivity contribution >= 4 is 0 Å². The Balaban J connectivity index is 1.70. The summed E-state index contributed by atoms with van der Waals surface area (Å²) in [6.45, 7) is 1.35. The van der Waals surface area contributed by atoms with E-state index in [1.165, 1.54) is 5.56 Å². The highest BCUT2D eigenvalue weighted by molar-refractivity contribution is 5.13. The summed E-state index contributed by atoms with van der Waals surface area (Å²) in [6.07, 6.45) is 4.41. The first-order valence-electron chi connectivity index (χ1n) is 5.32. The molecule has 2 atom stereocenters. The number of hydrogen-bond donors (Lipinski definition) is 1. The van der Waals surface area contributed by atoms with Gasteiger partial charge in [-0.1, -0.05) is 42.5 Å². The van der Waals surface area contributed by atoms with E-state index in [0.717, 1.165) is 6.42 Å². The molecule has 0 radical (unpaired) electrons. The van der Waals surface area contributed by atoms with E-state index in [2.05, 4.69) is 12.1 Å². The maximum atomic E-state index is 9.27. The first-order valence-corrected chi connectivity index (χ1v) is 5.32. The molecule has 0 fully saturated rings. The van der Waals surface area contributed by atoms with Crippen LogP contribution >= 0.6 is 0 Å². The third-order valence-corrected chi connectivity index (χ3v) is 2.59. The third-order valence-electron chi connectivity index (χ3n) is 2.59. The SMILES string of the molecule is O[C@@H]1C=C[C@H](COCc2ccccc2)C1. The van der Waals surface area contributed by atoms with E-state index in [4.69, 9.17) is 4.74 Å². The van der Waals surface area contributed by atoms with Gasteiger partial charge in [0.05, 0.1) is 19.3 Å². The van der Waals surface area contributed by atoms with Crippen molar-refractivity contribution in [1.82, 2.24) is 0 Å². The van der Waals surface area contributed by atoms with Crippen molar-refractivity contribution in [1.29, 1.82) is 0 Å². The Hall–Kier alpha value is -1.12. The lowest BCUT2D eigenvalue weighted by Gasteiger charge is -2.09. The van der Waals surface area contributed by atoms with Crippen molar-refractivity contribution in [3.63, 3.8) is 0 Å². The van der Waals surface area contributed by atoms with Crippen LogP contribution in [0.15, 0.2) is 42.5 Å². The van der Waals surface area contributed by atoms with Gasteiger partial charge in [-0.2, -0.15) is 0 Å². The topological polar surface area (TPSA) is 29.5 Å². The highest BCUT2D eigenvalue weighted by atomic mass is 16.5. The van der Waals surface area contributed by atoms with Gasteiger partial charge in [-0.05, 0) is 12.0 Å². The van der Waals surface area contributed by atoms with E-state index >= 15 is 0 Å². The minimum atomic E-state index is -0.268. The second-order valence-electron chi connectivity index (χ2n) is 3.95. The van der Waals surface area contributed by atoms with Gasteiger partial charge in [0, 0.05) is 5.92 Å². The molecular weight excluding hydrogens is 188 g/mol. The number of aliphatic hydroxyl groups is 1. The Morgan fingerprint density at radius 1 is 1.20 bits per heavy atom. The Morgan fingerprint density at radius 3 is 2.67 bits per heavy atom. The van der Waals surface area contributed by atoms with Crippen molar-refractivity contribution in [3.05, 3.63) is 48.0 Å². The van der Waals surface area contributed by atoms with Gasteiger partial charge in [0.25, 0.3) is 0 Å². The van der Waals surface area contributed by atoms with E-state index in [0.29, 0.717) is 19.1 Å². The van der Waals surface area contributed by atoms with Crippen molar-refractivity contribution in [3.8, 4) is 0 Å². The monoisotopic (exact) mass is 204 g/mol. The smallest absolute Gasteiger partial charge is 0.0727 e. The van der Waals surface area contributed by atoms with Crippen LogP contribution in [-0.2, 0) is 11.3 Å². The van der Waals surface area contributed by atoms with Gasteiger partial charge in [0.2, 0.25) is 0 Å². The van der Waals surface area contributed by atoms with Crippen LogP contribution in [0.25, 0.3) is 0 Å². The molecule has 0 heterocycles. The quantitative estimate of drug-likeness (QED) is 0.761. The lowest BCUT2D eigenvalue weighted by atomic mass is 10.1. The summed E-state index contributed by atoms with van der Waals surface area (Å²) in [4.78, 5) is 0. The second-order valence-corrected chi connectivity index (χ2v) is 3.95. The molecule has 0 aromatic heterocycles. The molecule has 15 heavy (non-hydrogen) atoms. The molecule has 0 saturated heterocycles. The molecule has 0 unspecified atom stereocenters. The molecule has 0 bridgehead atoms. The van der Waals surface area contributed by atoms with Crippen LogP contribution in [0.2, 0.25) is 0 Å². The number of rotatable bonds is 4. The Labute approximate surface area is 90.2 Å². The Bertz CT molecular complexity index is 319. The molecule has 1 aliphatic carbocycles. The Kier molecular flexibility index (Phi) is 3.54. The normalized spacial score (nSPS) is 24.6. The maximum absolute atomic E-state index is 9.27. The molecule has 0 aliphatic heterocycles. The van der Waals surface area contributed by atoms with Gasteiger partial charge in [-0.25, -0.2) is 0 Å². The summed E-state index contributed by atoms with van der Waals surface area (Å²) in [7, 11) is 0. The maximum Gasteiger partial charge on any atom is 0.0727 e. The van der Waals surface area contributed by atoms with Gasteiger partial charge >= 0.3 is 0 Å². The number of hydrogen-bond acceptors (Lipinski definition) is 2. The molecule has 1 aliphatic rings. The van der Waals surface area contributed by atoms with Gasteiger partial charge in [0.15, 0.2) is 0 Å². The minimum absolute atomic E-state index is 0.268. The molecule has 2 rings (SSSR count). The third kappa shape index (κ3) is 3.18. The molecule has 2 nitrogen and oxygen atoms in total. The first kappa shape index (κ1) is 10.4. The van der Waals surface area contributed by atoms with Crippen molar-refractivity contribution in [2.75, 3.05) is 6.61 Å². The van der Waals surface area contributed by atoms with E-state index in [1.807, 2.05) is 30.4 Å². The molecule has 0 amide bonds. The van der Waals surface area contributed by atoms with Gasteiger partial charge in [-0.3, -0.25) is 0 Å². The van der Waals surface area contributed by atoms with Crippen LogP contribution in [0.1, 0.15) is 12.0 Å². The van der Waals surface area contributed by atoms with Crippen molar-refractivity contribution < 1.29 is 9.84 Å². The molecular formula is C13H16O2. The van der Waals surface area contributed by atoms with Crippen molar-refractivity contribution in [2.45, 2.75) is 19.1 Å². The number of benzene rings is 1. The summed E-state index contributed by atoms with van der Waals surface area (Å²) in [5, 5.41) is 9.27. The summed E-state index contributed by atoms with van der Waals surface area (Å²) in [5.41, 5.74) is 1.19. The number of aliphatic hydroxyl groups excluding tert-OH is 1. The van der Waals surface area contributed by atoms with Crippen molar-refractivity contribution in [2.24, 2.45) is 5.92 Å². The average Bonchev–Trinajstić information content (AvgIpc) is 2.66. The fourth-order valence-electron chi connectivity index (χ4n) is 1.78. The second kappa shape index (κ2) is 5.10. The highest BCUT2D eigenvalue weighted by Gasteiger charge is 2.16. The molecule has 1 aromatic rings. The molecule has 1 N–H and O–H groups in total. The lowest BCUT2D eigenvalue weighted by molar-refractivity contribution is 0.0892. The van der Waals surface area contributed by atoms with Gasteiger partial charge in [-0.15, -0.1) is 0 Å². The molecule has 80 valence electrons. The lowest BCUT2D eigenvalue weighted by Crippen LogP contribution is -2.08. The van der Waals surface area contributed by atoms with Gasteiger partial charge in [0.1, 0.15) is 0 Å². The highest BCUT2D eigenvalue weighted by Crippen LogP contribution is 2.18. The largest absolute Gasteiger partial charge is 0.389 e. The molecule has 0 spiro atoms. The summed E-state index contributed by atoms with van der Waals surface area (Å²) in [6, 6.07) is 10.1. The average molecular weight is 204 g/mol. The predicted molar refractivity (Wildman–Crippen MR) is 59.4 cm³/mol. The fraction of sp³-hybridized carbons (Fsp3) is 0.385. The Morgan fingerprint density at radius 2 is 2.00 bits per heavy atom. The predicted octanol–water partition coefficient (Wildman–Crippen LogP) is 2.14.